The predicted molar refractivity (Wildman–Crippen MR) is 157 cm³/mol. The van der Waals surface area contributed by atoms with Crippen LogP contribution in [0.25, 0.3) is 0 Å². The molecule has 2 aromatic rings. The van der Waals surface area contributed by atoms with E-state index in [-0.39, 0.29) is 30.7 Å². The molecule has 0 bridgehead atoms. The number of aryl methyl sites for hydroxylation is 1. The molecule has 0 aliphatic carbocycles. The van der Waals surface area contributed by atoms with Gasteiger partial charge in [0, 0.05) is 0 Å². The average molecular weight is 629 g/mol. The smallest absolute Gasteiger partial charge is 0.338 e. The molecule has 43 heavy (non-hydrogen) atoms. The van der Waals surface area contributed by atoms with Gasteiger partial charge in [-0.25, -0.2) is 4.79 Å². The van der Waals surface area contributed by atoms with Gasteiger partial charge in [-0.05, 0) is 31.2 Å². The largest absolute Gasteiger partial charge is 0.460 e. The summed E-state index contributed by atoms with van der Waals surface area (Å²) in [4.78, 5) is 11.9. The maximum atomic E-state index is 12.1. The van der Waals surface area contributed by atoms with E-state index in [0.717, 1.165) is 5.56 Å². The Morgan fingerprint density at radius 1 is 0.512 bits per heavy atom. The number of hydrogen-bond acceptors (Lipinski definition) is 12. The van der Waals surface area contributed by atoms with Crippen LogP contribution >= 0.6 is 0 Å². The van der Waals surface area contributed by atoms with Gasteiger partial charge in [-0.3, -0.25) is 4.18 Å². The minimum atomic E-state index is -3.78. The lowest BCUT2D eigenvalue weighted by atomic mass is 10.2. The number of esters is 1. The van der Waals surface area contributed by atoms with Crippen molar-refractivity contribution in [3.63, 3.8) is 0 Å². The fourth-order valence-corrected chi connectivity index (χ4v) is 4.14. The quantitative estimate of drug-likeness (QED) is 0.0818. The Labute approximate surface area is 254 Å². The number of ether oxygens (including phenoxy) is 8. The second-order valence-corrected chi connectivity index (χ2v) is 10.5. The summed E-state index contributed by atoms with van der Waals surface area (Å²) in [5, 5.41) is 0. The van der Waals surface area contributed by atoms with Crippen molar-refractivity contribution in [2.75, 3.05) is 106 Å². The van der Waals surface area contributed by atoms with Crippen LogP contribution in [0.1, 0.15) is 15.9 Å². The second-order valence-electron chi connectivity index (χ2n) is 8.88. The van der Waals surface area contributed by atoms with Gasteiger partial charge in [0.1, 0.15) is 6.61 Å². The van der Waals surface area contributed by atoms with Crippen LogP contribution in [0.15, 0.2) is 59.5 Å². The molecule has 13 heteroatoms. The maximum Gasteiger partial charge on any atom is 0.338 e. The van der Waals surface area contributed by atoms with Crippen molar-refractivity contribution in [3.8, 4) is 0 Å². The molecule has 242 valence electrons. The highest BCUT2D eigenvalue weighted by Crippen LogP contribution is 2.12. The fourth-order valence-electron chi connectivity index (χ4n) is 3.25. The molecule has 2 rings (SSSR count). The van der Waals surface area contributed by atoms with Crippen LogP contribution in [0, 0.1) is 6.92 Å². The third-order valence-corrected chi connectivity index (χ3v) is 6.80. The Morgan fingerprint density at radius 2 is 0.884 bits per heavy atom. The number of hydrogen-bond donors (Lipinski definition) is 0. The standard InChI is InChI=1S/C30H44O12S/c1-27-7-9-29(10-8-27)43(32,33)42-26-24-40-22-20-38-18-16-36-14-12-34-11-13-35-15-17-37-19-21-39-23-25-41-30(31)28-5-3-2-4-6-28/h2-10H,11-26H2,1H3. The van der Waals surface area contributed by atoms with E-state index in [1.165, 1.54) is 12.1 Å². The molecule has 0 saturated heterocycles. The van der Waals surface area contributed by atoms with Crippen molar-refractivity contribution in [2.24, 2.45) is 0 Å². The minimum absolute atomic E-state index is 0.0634. The van der Waals surface area contributed by atoms with Crippen molar-refractivity contribution >= 4 is 16.1 Å². The van der Waals surface area contributed by atoms with E-state index in [9.17, 15) is 13.2 Å². The van der Waals surface area contributed by atoms with Crippen LogP contribution in [0.2, 0.25) is 0 Å². The SMILES string of the molecule is Cc1ccc(S(=O)(=O)OCCOCCOCCOCCOCCOCCOCCOCCOC(=O)c2ccccc2)cc1. The zero-order valence-corrected chi connectivity index (χ0v) is 25.6. The first-order valence-corrected chi connectivity index (χ1v) is 15.6. The van der Waals surface area contributed by atoms with E-state index in [1.807, 2.05) is 13.0 Å². The van der Waals surface area contributed by atoms with Crippen LogP contribution in [0.4, 0.5) is 0 Å². The molecule has 0 N–H and O–H groups in total. The summed E-state index contributed by atoms with van der Waals surface area (Å²) in [6.45, 7) is 7.54. The predicted octanol–water partition coefficient (Wildman–Crippen LogP) is 2.67. The molecule has 0 radical (unpaired) electrons. The lowest BCUT2D eigenvalue weighted by Crippen LogP contribution is -2.16. The van der Waals surface area contributed by atoms with Crippen LogP contribution in [-0.2, 0) is 52.2 Å². The highest BCUT2D eigenvalue weighted by atomic mass is 32.2. The molecular weight excluding hydrogens is 584 g/mol. The molecule has 2 aromatic carbocycles. The van der Waals surface area contributed by atoms with E-state index >= 15 is 0 Å². The maximum absolute atomic E-state index is 12.1. The summed E-state index contributed by atoms with van der Waals surface area (Å²) in [6, 6.07) is 15.3. The van der Waals surface area contributed by atoms with Gasteiger partial charge in [0.15, 0.2) is 0 Å². The van der Waals surface area contributed by atoms with Crippen molar-refractivity contribution in [3.05, 3.63) is 65.7 Å². The number of carbonyl (C=O) groups is 1. The van der Waals surface area contributed by atoms with Crippen molar-refractivity contribution < 1.29 is 55.3 Å². The van der Waals surface area contributed by atoms with Crippen molar-refractivity contribution in [2.45, 2.75) is 11.8 Å². The minimum Gasteiger partial charge on any atom is -0.460 e. The molecular formula is C30H44O12S. The van der Waals surface area contributed by atoms with Gasteiger partial charge in [0.05, 0.1) is 110 Å². The van der Waals surface area contributed by atoms with Crippen LogP contribution in [-0.4, -0.2) is 120 Å². The third kappa shape index (κ3) is 18.7. The summed E-state index contributed by atoms with van der Waals surface area (Å²) in [7, 11) is -3.78. The Hall–Kier alpha value is -2.46. The van der Waals surface area contributed by atoms with Gasteiger partial charge >= 0.3 is 5.97 Å². The molecule has 0 spiro atoms. The monoisotopic (exact) mass is 628 g/mol. The topological polar surface area (TPSA) is 134 Å². The summed E-state index contributed by atoms with van der Waals surface area (Å²) in [5.41, 5.74) is 1.49. The van der Waals surface area contributed by atoms with E-state index in [0.29, 0.717) is 91.5 Å². The molecule has 12 nitrogen and oxygen atoms in total. The lowest BCUT2D eigenvalue weighted by molar-refractivity contribution is -0.0228. The van der Waals surface area contributed by atoms with Gasteiger partial charge in [-0.2, -0.15) is 8.42 Å². The van der Waals surface area contributed by atoms with Gasteiger partial charge in [0.2, 0.25) is 0 Å². The van der Waals surface area contributed by atoms with E-state index in [2.05, 4.69) is 0 Å². The average Bonchev–Trinajstić information content (AvgIpc) is 3.01. The summed E-state index contributed by atoms with van der Waals surface area (Å²) in [6.07, 6.45) is 0. The molecule has 0 heterocycles. The van der Waals surface area contributed by atoms with Crippen LogP contribution in [0.3, 0.4) is 0 Å². The fraction of sp³-hybridized carbons (Fsp3) is 0.567. The summed E-state index contributed by atoms with van der Waals surface area (Å²) in [5.74, 6) is -0.366. The molecule has 0 unspecified atom stereocenters. The first kappa shape index (κ1) is 36.7. The molecule has 0 amide bonds. The Kier molecular flexibility index (Phi) is 20.4. The molecule has 0 fully saturated rings. The van der Waals surface area contributed by atoms with E-state index < -0.39 is 10.1 Å². The molecule has 0 aliphatic heterocycles. The first-order valence-electron chi connectivity index (χ1n) is 14.2. The highest BCUT2D eigenvalue weighted by Gasteiger charge is 2.14. The van der Waals surface area contributed by atoms with Gasteiger partial charge in [-0.1, -0.05) is 35.9 Å². The first-order chi connectivity index (χ1) is 21.0. The Bertz CT molecular complexity index is 1060. The van der Waals surface area contributed by atoms with E-state index in [1.54, 1.807) is 36.4 Å². The normalized spacial score (nSPS) is 11.6. The van der Waals surface area contributed by atoms with Crippen LogP contribution < -0.4 is 0 Å². The number of benzene rings is 2. The Morgan fingerprint density at radius 3 is 1.30 bits per heavy atom. The van der Waals surface area contributed by atoms with E-state index in [4.69, 9.17) is 42.1 Å². The number of rotatable bonds is 27. The number of carbonyl (C=O) groups excluding carboxylic acids is 1. The third-order valence-electron chi connectivity index (χ3n) is 5.48. The van der Waals surface area contributed by atoms with Crippen molar-refractivity contribution in [1.29, 1.82) is 0 Å². The molecule has 0 atom stereocenters. The highest BCUT2D eigenvalue weighted by molar-refractivity contribution is 7.86. The zero-order chi connectivity index (χ0) is 30.9. The lowest BCUT2D eigenvalue weighted by Gasteiger charge is -2.09. The van der Waals surface area contributed by atoms with Gasteiger partial charge < -0.3 is 37.9 Å². The van der Waals surface area contributed by atoms with Crippen LogP contribution in [0.5, 0.6) is 0 Å². The molecule has 0 saturated carbocycles. The van der Waals surface area contributed by atoms with Crippen molar-refractivity contribution in [1.82, 2.24) is 0 Å². The Balaban J connectivity index is 1.22. The van der Waals surface area contributed by atoms with Gasteiger partial charge in [-0.15, -0.1) is 0 Å². The van der Waals surface area contributed by atoms with Gasteiger partial charge in [0.25, 0.3) is 10.1 Å². The zero-order valence-electron chi connectivity index (χ0n) is 24.8. The summed E-state index contributed by atoms with van der Waals surface area (Å²) < 4.78 is 72.0. The second kappa shape index (κ2) is 23.9. The molecule has 0 aromatic heterocycles. The molecule has 0 aliphatic rings. The summed E-state index contributed by atoms with van der Waals surface area (Å²) >= 11 is 0.